The molecule has 124 valence electrons. The molecule has 1 N–H and O–H groups in total. The second-order valence-corrected chi connectivity index (χ2v) is 5.21. The Morgan fingerprint density at radius 1 is 1.35 bits per heavy atom. The zero-order chi connectivity index (χ0) is 16.7. The minimum absolute atomic E-state index is 0.0836. The Morgan fingerprint density at radius 3 is 2.74 bits per heavy atom. The molecule has 0 bridgehead atoms. The Kier molecular flexibility index (Phi) is 6.25. The van der Waals surface area contributed by atoms with Gasteiger partial charge in [-0.3, -0.25) is 14.8 Å². The third-order valence-electron chi connectivity index (χ3n) is 3.42. The van der Waals surface area contributed by atoms with Gasteiger partial charge in [0.25, 0.3) is 5.69 Å². The quantitative estimate of drug-likeness (QED) is 0.436. The van der Waals surface area contributed by atoms with E-state index >= 15 is 0 Å². The number of hydrogen-bond acceptors (Lipinski definition) is 5. The van der Waals surface area contributed by atoms with Crippen LogP contribution in [0.25, 0.3) is 11.3 Å². The van der Waals surface area contributed by atoms with Crippen molar-refractivity contribution in [2.75, 3.05) is 19.8 Å². The molecule has 23 heavy (non-hydrogen) atoms. The fourth-order valence-corrected chi connectivity index (χ4v) is 2.32. The molecule has 0 spiro atoms. The molecule has 0 saturated carbocycles. The van der Waals surface area contributed by atoms with Crippen molar-refractivity contribution in [2.24, 2.45) is 7.05 Å². The summed E-state index contributed by atoms with van der Waals surface area (Å²) >= 11 is 0. The monoisotopic (exact) mass is 318 g/mol. The standard InChI is InChI=1S/C16H22N4O3/c1-3-23-10-4-9-17-11-14-12-19(2)18-16(14)13-5-7-15(8-6-13)20(21)22/h5-8,12,17H,3-4,9-11H2,1-2H3. The van der Waals surface area contributed by atoms with Gasteiger partial charge in [0.1, 0.15) is 0 Å². The molecular weight excluding hydrogens is 296 g/mol. The highest BCUT2D eigenvalue weighted by Crippen LogP contribution is 2.24. The molecule has 0 aliphatic heterocycles. The third kappa shape index (κ3) is 4.87. The van der Waals surface area contributed by atoms with E-state index in [1.807, 2.05) is 20.2 Å². The van der Waals surface area contributed by atoms with Gasteiger partial charge in [0.2, 0.25) is 0 Å². The first-order valence-corrected chi connectivity index (χ1v) is 7.67. The lowest BCUT2D eigenvalue weighted by Crippen LogP contribution is -2.16. The Labute approximate surface area is 135 Å². The molecular formula is C16H22N4O3. The maximum atomic E-state index is 10.7. The fraction of sp³-hybridized carbons (Fsp3) is 0.438. The largest absolute Gasteiger partial charge is 0.382 e. The summed E-state index contributed by atoms with van der Waals surface area (Å²) in [7, 11) is 1.87. The van der Waals surface area contributed by atoms with Gasteiger partial charge in [-0.15, -0.1) is 0 Å². The first kappa shape index (κ1) is 17.1. The Bertz CT molecular complexity index is 637. The van der Waals surface area contributed by atoms with Crippen molar-refractivity contribution >= 4 is 5.69 Å². The molecule has 0 radical (unpaired) electrons. The summed E-state index contributed by atoms with van der Waals surface area (Å²) in [6.45, 7) is 5.05. The van der Waals surface area contributed by atoms with Crippen LogP contribution in [0.15, 0.2) is 30.5 Å². The first-order chi connectivity index (χ1) is 11.1. The van der Waals surface area contributed by atoms with Crippen LogP contribution in [0, 0.1) is 10.1 Å². The highest BCUT2D eigenvalue weighted by molar-refractivity contribution is 5.64. The van der Waals surface area contributed by atoms with Gasteiger partial charge < -0.3 is 10.1 Å². The summed E-state index contributed by atoms with van der Waals surface area (Å²) in [5.74, 6) is 0. The number of ether oxygens (including phenoxy) is 1. The van der Waals surface area contributed by atoms with E-state index in [9.17, 15) is 10.1 Å². The topological polar surface area (TPSA) is 82.2 Å². The summed E-state index contributed by atoms with van der Waals surface area (Å²) < 4.78 is 7.06. The van der Waals surface area contributed by atoms with Crippen molar-refractivity contribution in [1.29, 1.82) is 0 Å². The van der Waals surface area contributed by atoms with Crippen molar-refractivity contribution in [3.05, 3.63) is 46.1 Å². The van der Waals surface area contributed by atoms with Crippen LogP contribution in [0.3, 0.4) is 0 Å². The summed E-state index contributed by atoms with van der Waals surface area (Å²) in [5.41, 5.74) is 2.88. The van der Waals surface area contributed by atoms with E-state index in [2.05, 4.69) is 10.4 Å². The fourth-order valence-electron chi connectivity index (χ4n) is 2.32. The average Bonchev–Trinajstić information content (AvgIpc) is 2.91. The van der Waals surface area contributed by atoms with E-state index in [-0.39, 0.29) is 5.69 Å². The number of rotatable bonds is 9. The van der Waals surface area contributed by atoms with Crippen molar-refractivity contribution in [2.45, 2.75) is 19.9 Å². The number of aromatic nitrogens is 2. The lowest BCUT2D eigenvalue weighted by Gasteiger charge is -2.05. The van der Waals surface area contributed by atoms with Crippen LogP contribution in [-0.4, -0.2) is 34.5 Å². The van der Waals surface area contributed by atoms with Crippen LogP contribution < -0.4 is 5.32 Å². The molecule has 0 aliphatic rings. The van der Waals surface area contributed by atoms with Gasteiger partial charge in [0, 0.05) is 56.3 Å². The van der Waals surface area contributed by atoms with E-state index in [4.69, 9.17) is 4.74 Å². The van der Waals surface area contributed by atoms with Crippen molar-refractivity contribution in [3.63, 3.8) is 0 Å². The molecule has 0 unspecified atom stereocenters. The maximum Gasteiger partial charge on any atom is 0.269 e. The summed E-state index contributed by atoms with van der Waals surface area (Å²) in [4.78, 5) is 10.3. The zero-order valence-electron chi connectivity index (χ0n) is 13.5. The molecule has 0 amide bonds. The molecule has 0 atom stereocenters. The number of nitro benzene ring substituents is 1. The third-order valence-corrected chi connectivity index (χ3v) is 3.42. The van der Waals surface area contributed by atoms with E-state index in [0.29, 0.717) is 6.54 Å². The molecule has 1 aromatic carbocycles. The first-order valence-electron chi connectivity index (χ1n) is 7.67. The predicted molar refractivity (Wildman–Crippen MR) is 88.1 cm³/mol. The normalized spacial score (nSPS) is 10.9. The van der Waals surface area contributed by atoms with Gasteiger partial charge in [0.15, 0.2) is 0 Å². The molecule has 0 fully saturated rings. The van der Waals surface area contributed by atoms with Crippen LogP contribution in [0.5, 0.6) is 0 Å². The second-order valence-electron chi connectivity index (χ2n) is 5.21. The molecule has 7 heteroatoms. The SMILES string of the molecule is CCOCCCNCc1cn(C)nc1-c1ccc([N+](=O)[O-])cc1. The summed E-state index contributed by atoms with van der Waals surface area (Å²) in [6.07, 6.45) is 2.92. The second kappa shape index (κ2) is 8.40. The van der Waals surface area contributed by atoms with Crippen LogP contribution in [0.4, 0.5) is 5.69 Å². The van der Waals surface area contributed by atoms with Gasteiger partial charge in [-0.1, -0.05) is 0 Å². The van der Waals surface area contributed by atoms with Crippen LogP contribution in [-0.2, 0) is 18.3 Å². The zero-order valence-corrected chi connectivity index (χ0v) is 13.5. The van der Waals surface area contributed by atoms with Gasteiger partial charge in [0.05, 0.1) is 10.6 Å². The van der Waals surface area contributed by atoms with Crippen molar-refractivity contribution in [1.82, 2.24) is 15.1 Å². The van der Waals surface area contributed by atoms with Crippen LogP contribution in [0.2, 0.25) is 0 Å². The van der Waals surface area contributed by atoms with Gasteiger partial charge in [-0.25, -0.2) is 0 Å². The molecule has 7 nitrogen and oxygen atoms in total. The van der Waals surface area contributed by atoms with E-state index in [0.717, 1.165) is 43.0 Å². The average molecular weight is 318 g/mol. The van der Waals surface area contributed by atoms with E-state index in [1.165, 1.54) is 12.1 Å². The highest BCUT2D eigenvalue weighted by atomic mass is 16.6. The Morgan fingerprint density at radius 2 is 2.09 bits per heavy atom. The highest BCUT2D eigenvalue weighted by Gasteiger charge is 2.12. The maximum absolute atomic E-state index is 10.7. The van der Waals surface area contributed by atoms with Gasteiger partial charge in [-0.05, 0) is 32.0 Å². The number of hydrogen-bond donors (Lipinski definition) is 1. The number of benzene rings is 1. The van der Waals surface area contributed by atoms with Crippen molar-refractivity contribution < 1.29 is 9.66 Å². The minimum Gasteiger partial charge on any atom is -0.382 e. The minimum atomic E-state index is -0.400. The molecule has 1 aromatic heterocycles. The summed E-state index contributed by atoms with van der Waals surface area (Å²) in [6, 6.07) is 6.48. The summed E-state index contributed by atoms with van der Waals surface area (Å²) in [5, 5.41) is 18.6. The molecule has 0 aliphatic carbocycles. The predicted octanol–water partition coefficient (Wildman–Crippen LogP) is 2.51. The lowest BCUT2D eigenvalue weighted by molar-refractivity contribution is -0.384. The smallest absolute Gasteiger partial charge is 0.269 e. The molecule has 1 heterocycles. The Hall–Kier alpha value is -2.25. The van der Waals surface area contributed by atoms with Crippen molar-refractivity contribution in [3.8, 4) is 11.3 Å². The van der Waals surface area contributed by atoms with Gasteiger partial charge >= 0.3 is 0 Å². The van der Waals surface area contributed by atoms with E-state index < -0.39 is 4.92 Å². The van der Waals surface area contributed by atoms with Gasteiger partial charge in [-0.2, -0.15) is 5.10 Å². The number of non-ortho nitro benzene ring substituents is 1. The number of aryl methyl sites for hydroxylation is 1. The Balaban J connectivity index is 2.00. The van der Waals surface area contributed by atoms with Crippen LogP contribution in [0.1, 0.15) is 18.9 Å². The lowest BCUT2D eigenvalue weighted by atomic mass is 10.1. The molecule has 2 aromatic rings. The van der Waals surface area contributed by atoms with E-state index in [1.54, 1.807) is 16.8 Å². The molecule has 0 saturated heterocycles. The number of nitrogens with one attached hydrogen (secondary N) is 1. The molecule has 2 rings (SSSR count). The number of nitro groups is 1. The number of nitrogens with zero attached hydrogens (tertiary/aromatic N) is 3. The van der Waals surface area contributed by atoms with Crippen LogP contribution >= 0.6 is 0 Å².